The second kappa shape index (κ2) is 5.69. The molecule has 2 heterocycles. The van der Waals surface area contributed by atoms with E-state index in [4.69, 9.17) is 0 Å². The lowest BCUT2D eigenvalue weighted by molar-refractivity contribution is 0.0941. The molecule has 0 spiro atoms. The number of hydrogen-bond donors (Lipinski definition) is 1. The van der Waals surface area contributed by atoms with Crippen molar-refractivity contribution >= 4 is 5.91 Å². The maximum atomic E-state index is 11.8. The summed E-state index contributed by atoms with van der Waals surface area (Å²) in [6.07, 6.45) is 3.12. The zero-order valence-corrected chi connectivity index (χ0v) is 11.4. The van der Waals surface area contributed by atoms with Crippen LogP contribution in [-0.2, 0) is 26.4 Å². The van der Waals surface area contributed by atoms with Crippen molar-refractivity contribution in [2.24, 2.45) is 7.05 Å². The van der Waals surface area contributed by atoms with Crippen LogP contribution in [0.1, 0.15) is 41.3 Å². The highest BCUT2D eigenvalue weighted by atomic mass is 16.5. The number of carbonyl (C=O) groups is 1. The lowest BCUT2D eigenvalue weighted by atomic mass is 10.1. The van der Waals surface area contributed by atoms with Gasteiger partial charge in [-0.25, -0.2) is 0 Å². The zero-order chi connectivity index (χ0) is 13.8. The number of nitrogens with one attached hydrogen (secondary N) is 1. The van der Waals surface area contributed by atoms with Crippen LogP contribution >= 0.6 is 0 Å². The van der Waals surface area contributed by atoms with Gasteiger partial charge in [0.15, 0.2) is 5.69 Å². The first kappa shape index (κ1) is 13.3. The van der Waals surface area contributed by atoms with Crippen molar-refractivity contribution in [1.82, 2.24) is 20.3 Å². The van der Waals surface area contributed by atoms with Crippen molar-refractivity contribution in [3.63, 3.8) is 0 Å². The molecule has 0 atom stereocenters. The minimum atomic E-state index is -0.235. The fourth-order valence-electron chi connectivity index (χ4n) is 2.18. The Hall–Kier alpha value is -2.11. The Morgan fingerprint density at radius 3 is 2.79 bits per heavy atom. The third-order valence-electron chi connectivity index (χ3n) is 3.12. The van der Waals surface area contributed by atoms with E-state index in [1.165, 1.54) is 6.26 Å². The second-order valence-electron chi connectivity index (χ2n) is 4.27. The summed E-state index contributed by atoms with van der Waals surface area (Å²) in [5.41, 5.74) is 3.57. The van der Waals surface area contributed by atoms with E-state index < -0.39 is 0 Å². The molecule has 6 heteroatoms. The summed E-state index contributed by atoms with van der Waals surface area (Å²) in [5.74, 6) is -0.235. The summed E-state index contributed by atoms with van der Waals surface area (Å²) in [7, 11) is 1.93. The van der Waals surface area contributed by atoms with Crippen molar-refractivity contribution in [3.8, 4) is 0 Å². The van der Waals surface area contributed by atoms with Gasteiger partial charge >= 0.3 is 0 Å². The first-order valence-corrected chi connectivity index (χ1v) is 6.39. The quantitative estimate of drug-likeness (QED) is 0.885. The van der Waals surface area contributed by atoms with Gasteiger partial charge in [-0.1, -0.05) is 19.0 Å². The molecule has 2 rings (SSSR count). The van der Waals surface area contributed by atoms with Crippen LogP contribution in [0.5, 0.6) is 0 Å². The van der Waals surface area contributed by atoms with Crippen LogP contribution < -0.4 is 5.32 Å². The Kier molecular flexibility index (Phi) is 3.99. The Balaban J connectivity index is 2.13. The lowest BCUT2D eigenvalue weighted by Crippen LogP contribution is -2.24. The molecular weight excluding hydrogens is 244 g/mol. The van der Waals surface area contributed by atoms with E-state index >= 15 is 0 Å². The standard InChI is InChI=1S/C13H18N4O2/c1-4-10-9(12(5-2)17(3)15-10)8-14-13(18)11-6-7-19-16-11/h6-7H,4-5,8H2,1-3H3,(H,14,18). The maximum absolute atomic E-state index is 11.8. The first-order chi connectivity index (χ1) is 9.17. The normalized spacial score (nSPS) is 10.7. The minimum Gasteiger partial charge on any atom is -0.364 e. The van der Waals surface area contributed by atoms with E-state index in [1.807, 2.05) is 11.7 Å². The summed E-state index contributed by atoms with van der Waals surface area (Å²) >= 11 is 0. The molecule has 6 nitrogen and oxygen atoms in total. The average Bonchev–Trinajstić information content (AvgIpc) is 3.03. The highest BCUT2D eigenvalue weighted by Gasteiger charge is 2.15. The van der Waals surface area contributed by atoms with Crippen LogP contribution in [0.25, 0.3) is 0 Å². The molecule has 0 fully saturated rings. The molecule has 1 N–H and O–H groups in total. The van der Waals surface area contributed by atoms with Gasteiger partial charge in [0.1, 0.15) is 6.26 Å². The SMILES string of the molecule is CCc1nn(C)c(CC)c1CNC(=O)c1ccon1. The van der Waals surface area contributed by atoms with Crippen LogP contribution in [-0.4, -0.2) is 20.8 Å². The number of carbonyl (C=O) groups excluding carboxylic acids is 1. The molecule has 2 aromatic heterocycles. The second-order valence-corrected chi connectivity index (χ2v) is 4.27. The van der Waals surface area contributed by atoms with Gasteiger partial charge in [-0.15, -0.1) is 0 Å². The van der Waals surface area contributed by atoms with Gasteiger partial charge in [-0.05, 0) is 12.8 Å². The fourth-order valence-corrected chi connectivity index (χ4v) is 2.18. The van der Waals surface area contributed by atoms with Crippen LogP contribution in [0.15, 0.2) is 16.9 Å². The number of rotatable bonds is 5. The highest BCUT2D eigenvalue weighted by molar-refractivity contribution is 5.91. The van der Waals surface area contributed by atoms with Crippen molar-refractivity contribution in [2.45, 2.75) is 33.2 Å². The Morgan fingerprint density at radius 2 is 2.21 bits per heavy atom. The van der Waals surface area contributed by atoms with E-state index in [9.17, 15) is 4.79 Å². The van der Waals surface area contributed by atoms with Gasteiger partial charge < -0.3 is 9.84 Å². The zero-order valence-electron chi connectivity index (χ0n) is 11.4. The summed E-state index contributed by atoms with van der Waals surface area (Å²) in [5, 5.41) is 10.9. The largest absolute Gasteiger partial charge is 0.364 e. The van der Waals surface area contributed by atoms with Gasteiger partial charge in [-0.2, -0.15) is 5.10 Å². The molecule has 0 aliphatic heterocycles. The van der Waals surface area contributed by atoms with E-state index in [2.05, 4.69) is 33.9 Å². The van der Waals surface area contributed by atoms with E-state index in [1.54, 1.807) is 6.07 Å². The number of nitrogens with zero attached hydrogens (tertiary/aromatic N) is 3. The molecule has 19 heavy (non-hydrogen) atoms. The number of amides is 1. The molecule has 0 aliphatic carbocycles. The highest BCUT2D eigenvalue weighted by Crippen LogP contribution is 2.15. The van der Waals surface area contributed by atoms with Gasteiger partial charge in [0, 0.05) is 30.9 Å². The molecule has 0 aliphatic rings. The van der Waals surface area contributed by atoms with Crippen LogP contribution in [0.3, 0.4) is 0 Å². The molecular formula is C13H18N4O2. The van der Waals surface area contributed by atoms with Gasteiger partial charge in [0.05, 0.1) is 5.69 Å². The van der Waals surface area contributed by atoms with Gasteiger partial charge in [-0.3, -0.25) is 9.48 Å². The molecule has 0 radical (unpaired) electrons. The number of aromatic nitrogens is 3. The van der Waals surface area contributed by atoms with Crippen molar-refractivity contribution in [1.29, 1.82) is 0 Å². The Morgan fingerprint density at radius 1 is 1.42 bits per heavy atom. The monoisotopic (exact) mass is 262 g/mol. The molecule has 102 valence electrons. The number of hydrogen-bond acceptors (Lipinski definition) is 4. The molecule has 0 saturated carbocycles. The molecule has 0 saturated heterocycles. The van der Waals surface area contributed by atoms with Crippen LogP contribution in [0.4, 0.5) is 0 Å². The summed E-state index contributed by atoms with van der Waals surface area (Å²) in [6, 6.07) is 1.54. The molecule has 2 aromatic rings. The minimum absolute atomic E-state index is 0.235. The van der Waals surface area contributed by atoms with Gasteiger partial charge in [0.2, 0.25) is 0 Å². The Labute approximate surface area is 111 Å². The van der Waals surface area contributed by atoms with E-state index in [0.717, 1.165) is 29.8 Å². The van der Waals surface area contributed by atoms with Gasteiger partial charge in [0.25, 0.3) is 5.91 Å². The maximum Gasteiger partial charge on any atom is 0.273 e. The fraction of sp³-hybridized carbons (Fsp3) is 0.462. The number of aryl methyl sites for hydroxylation is 2. The predicted molar refractivity (Wildman–Crippen MR) is 69.6 cm³/mol. The first-order valence-electron chi connectivity index (χ1n) is 6.39. The molecule has 0 bridgehead atoms. The third-order valence-corrected chi connectivity index (χ3v) is 3.12. The van der Waals surface area contributed by atoms with Crippen LogP contribution in [0.2, 0.25) is 0 Å². The smallest absolute Gasteiger partial charge is 0.273 e. The predicted octanol–water partition coefficient (Wildman–Crippen LogP) is 1.46. The average molecular weight is 262 g/mol. The van der Waals surface area contributed by atoms with Crippen molar-refractivity contribution in [2.75, 3.05) is 0 Å². The lowest BCUT2D eigenvalue weighted by Gasteiger charge is -2.06. The van der Waals surface area contributed by atoms with Crippen LogP contribution in [0, 0.1) is 0 Å². The third kappa shape index (κ3) is 2.67. The topological polar surface area (TPSA) is 73.0 Å². The van der Waals surface area contributed by atoms with Crippen molar-refractivity contribution in [3.05, 3.63) is 35.0 Å². The van der Waals surface area contributed by atoms with Crippen molar-refractivity contribution < 1.29 is 9.32 Å². The molecule has 1 amide bonds. The molecule has 0 aromatic carbocycles. The summed E-state index contributed by atoms with van der Waals surface area (Å²) in [4.78, 5) is 11.8. The Bertz CT molecular complexity index is 557. The van der Waals surface area contributed by atoms with E-state index in [-0.39, 0.29) is 5.91 Å². The molecule has 0 unspecified atom stereocenters. The van der Waals surface area contributed by atoms with E-state index in [0.29, 0.717) is 12.2 Å². The summed E-state index contributed by atoms with van der Waals surface area (Å²) < 4.78 is 6.54. The summed E-state index contributed by atoms with van der Waals surface area (Å²) in [6.45, 7) is 4.61.